The summed E-state index contributed by atoms with van der Waals surface area (Å²) >= 11 is 0. The van der Waals surface area contributed by atoms with E-state index in [1.165, 1.54) is 7.11 Å². The van der Waals surface area contributed by atoms with Gasteiger partial charge in [-0.3, -0.25) is 4.90 Å². The highest BCUT2D eigenvalue weighted by Crippen LogP contribution is 2.32. The van der Waals surface area contributed by atoms with Gasteiger partial charge in [-0.25, -0.2) is 16.8 Å². The zero-order valence-electron chi connectivity index (χ0n) is 19.9. The quantitative estimate of drug-likeness (QED) is 0.533. The average Bonchev–Trinajstić information content (AvgIpc) is 3.40. The number of benzene rings is 1. The second-order valence-corrected chi connectivity index (χ2v) is 12.8. The van der Waals surface area contributed by atoms with Gasteiger partial charge < -0.3 is 14.5 Å². The Bertz CT molecular complexity index is 1160. The van der Waals surface area contributed by atoms with Crippen molar-refractivity contribution >= 4 is 19.7 Å². The van der Waals surface area contributed by atoms with Crippen molar-refractivity contribution in [2.45, 2.75) is 49.9 Å². The van der Waals surface area contributed by atoms with Crippen molar-refractivity contribution in [3.63, 3.8) is 0 Å². The summed E-state index contributed by atoms with van der Waals surface area (Å²) in [7, 11) is -5.88. The van der Waals surface area contributed by atoms with Crippen LogP contribution in [-0.4, -0.2) is 71.3 Å². The Morgan fingerprint density at radius 3 is 2.45 bits per heavy atom. The molecule has 3 rings (SSSR count). The van der Waals surface area contributed by atoms with Crippen LogP contribution in [0.5, 0.6) is 5.75 Å². The summed E-state index contributed by atoms with van der Waals surface area (Å²) in [6.07, 6.45) is 1.61. The molecule has 1 unspecified atom stereocenters. The van der Waals surface area contributed by atoms with Crippen LogP contribution in [0.4, 0.5) is 0 Å². The first-order valence-electron chi connectivity index (χ1n) is 11.1. The maximum atomic E-state index is 13.7. The van der Waals surface area contributed by atoms with Crippen LogP contribution in [0.2, 0.25) is 0 Å². The van der Waals surface area contributed by atoms with E-state index in [-0.39, 0.29) is 16.7 Å². The Morgan fingerprint density at radius 2 is 1.88 bits per heavy atom. The second-order valence-electron chi connectivity index (χ2n) is 8.51. The molecule has 2 aromatic rings. The van der Waals surface area contributed by atoms with Crippen LogP contribution in [0.25, 0.3) is 0 Å². The highest BCUT2D eigenvalue weighted by Gasteiger charge is 2.46. The Hall–Kier alpha value is -1.88. The standard InChI is InChI=1S/C23H34N2O6S2/c1-6-25(7-2)19(20-9-8-10-31-20)13-24-18-14-32(26,27)15-23(18)33(28,29)22-12-16(3)21(30-5)11-17(22)4/h8-12,18-19,23-24H,6-7,13-15H2,1-5H3/t18-,19?,23-/m0/s1. The molecule has 3 atom stereocenters. The van der Waals surface area contributed by atoms with E-state index in [9.17, 15) is 16.8 Å². The lowest BCUT2D eigenvalue weighted by molar-refractivity contribution is 0.185. The van der Waals surface area contributed by atoms with Gasteiger partial charge in [-0.1, -0.05) is 13.8 Å². The maximum Gasteiger partial charge on any atom is 0.184 e. The number of hydrogen-bond donors (Lipinski definition) is 1. The molecule has 1 aromatic heterocycles. The van der Waals surface area contributed by atoms with Gasteiger partial charge in [-0.2, -0.15) is 0 Å². The molecule has 8 nitrogen and oxygen atoms in total. The number of likely N-dealkylation sites (N-methyl/N-ethyl adjacent to an activating group) is 1. The molecule has 0 aliphatic carbocycles. The normalized spacial score (nSPS) is 21.4. The summed E-state index contributed by atoms with van der Waals surface area (Å²) in [5.74, 6) is 0.747. The smallest absolute Gasteiger partial charge is 0.184 e. The predicted octanol–water partition coefficient (Wildman–Crippen LogP) is 2.52. The first-order chi connectivity index (χ1) is 15.5. The summed E-state index contributed by atoms with van der Waals surface area (Å²) < 4.78 is 63.3. The number of nitrogens with one attached hydrogen (secondary N) is 1. The number of ether oxygens (including phenoxy) is 1. The van der Waals surface area contributed by atoms with Gasteiger partial charge in [-0.15, -0.1) is 0 Å². The lowest BCUT2D eigenvalue weighted by Gasteiger charge is -2.30. The molecule has 0 bridgehead atoms. The topological polar surface area (TPSA) is 106 Å². The van der Waals surface area contributed by atoms with Gasteiger partial charge in [0.2, 0.25) is 0 Å². The Labute approximate surface area is 197 Å². The van der Waals surface area contributed by atoms with Gasteiger partial charge in [0.25, 0.3) is 0 Å². The van der Waals surface area contributed by atoms with Crippen LogP contribution in [-0.2, 0) is 19.7 Å². The van der Waals surface area contributed by atoms with Crippen LogP contribution >= 0.6 is 0 Å². The number of furan rings is 1. The number of sulfone groups is 2. The van der Waals surface area contributed by atoms with Crippen molar-refractivity contribution in [2.75, 3.05) is 38.2 Å². The van der Waals surface area contributed by atoms with Crippen molar-refractivity contribution in [1.82, 2.24) is 10.2 Å². The molecule has 1 aliphatic rings. The third-order valence-electron chi connectivity index (χ3n) is 6.40. The number of rotatable bonds is 10. The van der Waals surface area contributed by atoms with Crippen molar-refractivity contribution in [3.8, 4) is 5.75 Å². The van der Waals surface area contributed by atoms with Gasteiger partial charge in [0.05, 0.1) is 41.1 Å². The lowest BCUT2D eigenvalue weighted by atomic mass is 10.1. The molecule has 33 heavy (non-hydrogen) atoms. The fourth-order valence-electron chi connectivity index (χ4n) is 4.58. The van der Waals surface area contributed by atoms with Gasteiger partial charge in [0.1, 0.15) is 11.5 Å². The maximum absolute atomic E-state index is 13.7. The molecule has 1 aliphatic heterocycles. The minimum atomic E-state index is -3.90. The molecule has 1 fully saturated rings. The van der Waals surface area contributed by atoms with Crippen LogP contribution in [0.3, 0.4) is 0 Å². The number of nitrogens with zero attached hydrogens (tertiary/aromatic N) is 1. The number of hydrogen-bond acceptors (Lipinski definition) is 8. The molecule has 1 saturated heterocycles. The molecule has 0 spiro atoms. The fraction of sp³-hybridized carbons (Fsp3) is 0.565. The van der Waals surface area contributed by atoms with E-state index in [0.717, 1.165) is 18.8 Å². The molecular formula is C23H34N2O6S2. The largest absolute Gasteiger partial charge is 0.496 e. The van der Waals surface area contributed by atoms with Crippen molar-refractivity contribution in [1.29, 1.82) is 0 Å². The fourth-order valence-corrected chi connectivity index (χ4v) is 9.61. The monoisotopic (exact) mass is 498 g/mol. The molecule has 0 saturated carbocycles. The second kappa shape index (κ2) is 10.2. The SMILES string of the molecule is CCN(CC)C(CN[C@H]1CS(=O)(=O)C[C@@H]1S(=O)(=O)c1cc(C)c(OC)cc1C)c1ccco1. The van der Waals surface area contributed by atoms with E-state index < -0.39 is 36.7 Å². The Kier molecular flexibility index (Phi) is 7.93. The molecule has 1 aromatic carbocycles. The van der Waals surface area contributed by atoms with Gasteiger partial charge in [-0.05, 0) is 62.3 Å². The molecule has 184 valence electrons. The number of methoxy groups -OCH3 is 1. The van der Waals surface area contributed by atoms with Gasteiger partial charge in [0, 0.05) is 12.6 Å². The van der Waals surface area contributed by atoms with Crippen molar-refractivity contribution in [3.05, 3.63) is 47.4 Å². The van der Waals surface area contributed by atoms with E-state index in [0.29, 0.717) is 23.4 Å². The predicted molar refractivity (Wildman–Crippen MR) is 128 cm³/mol. The zero-order chi connectivity index (χ0) is 24.4. The van der Waals surface area contributed by atoms with Crippen molar-refractivity contribution < 1.29 is 26.0 Å². The lowest BCUT2D eigenvalue weighted by Crippen LogP contribution is -2.47. The molecule has 1 N–H and O–H groups in total. The number of aryl methyl sites for hydroxylation is 2. The minimum Gasteiger partial charge on any atom is -0.496 e. The highest BCUT2D eigenvalue weighted by atomic mass is 32.2. The van der Waals surface area contributed by atoms with E-state index in [1.54, 1.807) is 32.2 Å². The first kappa shape index (κ1) is 25.7. The van der Waals surface area contributed by atoms with E-state index in [2.05, 4.69) is 10.2 Å². The summed E-state index contributed by atoms with van der Waals surface area (Å²) in [5, 5.41) is 2.21. The summed E-state index contributed by atoms with van der Waals surface area (Å²) in [4.78, 5) is 2.34. The van der Waals surface area contributed by atoms with Crippen LogP contribution in [0.1, 0.15) is 36.8 Å². The van der Waals surface area contributed by atoms with Crippen LogP contribution in [0, 0.1) is 13.8 Å². The molecular weight excluding hydrogens is 464 g/mol. The molecule has 2 heterocycles. The summed E-state index contributed by atoms with van der Waals surface area (Å²) in [6.45, 7) is 9.49. The molecule has 10 heteroatoms. The van der Waals surface area contributed by atoms with Crippen LogP contribution < -0.4 is 10.1 Å². The third-order valence-corrected chi connectivity index (χ3v) is 10.7. The van der Waals surface area contributed by atoms with Gasteiger partial charge >= 0.3 is 0 Å². The zero-order valence-corrected chi connectivity index (χ0v) is 21.5. The Morgan fingerprint density at radius 1 is 1.18 bits per heavy atom. The Balaban J connectivity index is 1.91. The van der Waals surface area contributed by atoms with E-state index >= 15 is 0 Å². The van der Waals surface area contributed by atoms with E-state index in [4.69, 9.17) is 9.15 Å². The average molecular weight is 499 g/mol. The van der Waals surface area contributed by atoms with Crippen molar-refractivity contribution in [2.24, 2.45) is 0 Å². The molecule has 0 radical (unpaired) electrons. The van der Waals surface area contributed by atoms with Gasteiger partial charge in [0.15, 0.2) is 19.7 Å². The van der Waals surface area contributed by atoms with E-state index in [1.807, 2.05) is 26.0 Å². The highest BCUT2D eigenvalue weighted by molar-refractivity contribution is 7.96. The first-order valence-corrected chi connectivity index (χ1v) is 14.5. The van der Waals surface area contributed by atoms with Crippen LogP contribution in [0.15, 0.2) is 39.8 Å². The summed E-state index contributed by atoms with van der Waals surface area (Å²) in [5.41, 5.74) is 1.23. The molecule has 0 amide bonds. The minimum absolute atomic E-state index is 0.133. The third kappa shape index (κ3) is 5.45. The summed E-state index contributed by atoms with van der Waals surface area (Å²) in [6, 6.07) is 6.11.